The molecule has 0 aliphatic carbocycles. The summed E-state index contributed by atoms with van der Waals surface area (Å²) in [7, 11) is -3.27. The van der Waals surface area contributed by atoms with Crippen LogP contribution >= 0.6 is 11.6 Å². The number of urea groups is 1. The van der Waals surface area contributed by atoms with Gasteiger partial charge >= 0.3 is 6.03 Å². The highest BCUT2D eigenvalue weighted by atomic mass is 35.5. The highest BCUT2D eigenvalue weighted by molar-refractivity contribution is 7.92. The molecule has 0 bridgehead atoms. The van der Waals surface area contributed by atoms with E-state index in [4.69, 9.17) is 11.6 Å². The summed E-state index contributed by atoms with van der Waals surface area (Å²) in [5.74, 6) is 0. The number of fused-ring (bicyclic) bond motifs is 1. The van der Waals surface area contributed by atoms with Crippen molar-refractivity contribution < 1.29 is 13.2 Å². The minimum absolute atomic E-state index is 0.0482. The highest BCUT2D eigenvalue weighted by Gasteiger charge is 2.32. The van der Waals surface area contributed by atoms with Crippen LogP contribution in [0.3, 0.4) is 0 Å². The Hall–Kier alpha value is -2.25. The largest absolute Gasteiger partial charge is 0.324 e. The summed E-state index contributed by atoms with van der Waals surface area (Å²) in [6.45, 7) is 2.21. The lowest BCUT2D eigenvalue weighted by atomic mass is 10.1. The van der Waals surface area contributed by atoms with E-state index in [-0.39, 0.29) is 6.03 Å². The van der Waals surface area contributed by atoms with E-state index in [0.29, 0.717) is 43.3 Å². The second kappa shape index (κ2) is 6.73. The molecule has 2 aliphatic heterocycles. The number of carbonyl (C=O) groups is 1. The second-order valence-corrected chi connectivity index (χ2v) is 9.23. The molecule has 4 rings (SSSR count). The van der Waals surface area contributed by atoms with Crippen LogP contribution in [0.1, 0.15) is 11.1 Å². The summed E-state index contributed by atoms with van der Waals surface area (Å²) < 4.78 is 25.2. The van der Waals surface area contributed by atoms with Crippen molar-refractivity contribution in [3.05, 3.63) is 58.6 Å². The Bertz CT molecular complexity index is 1010. The number of sulfonamides is 1. The first-order valence-corrected chi connectivity index (χ1v) is 11.0. The summed E-state index contributed by atoms with van der Waals surface area (Å²) in [6.07, 6.45) is 1.87. The molecule has 0 saturated carbocycles. The molecule has 0 spiro atoms. The monoisotopic (exact) mass is 405 g/mol. The van der Waals surface area contributed by atoms with Crippen LogP contribution in [0, 0.1) is 0 Å². The number of carbonyl (C=O) groups excluding carboxylic acids is 1. The summed E-state index contributed by atoms with van der Waals surface area (Å²) in [5.41, 5.74) is 3.47. The SMILES string of the molecule is CS(=O)(=O)N1CCc2cc(N3CCN(Cc4cccc(Cl)c4)C3=O)ccc21. The fourth-order valence-corrected chi connectivity index (χ4v) is 4.87. The molecular formula is C19H20ClN3O3S. The van der Waals surface area contributed by atoms with Gasteiger partial charge in [-0.25, -0.2) is 13.2 Å². The smallest absolute Gasteiger partial charge is 0.318 e. The Kier molecular flexibility index (Phi) is 4.52. The van der Waals surface area contributed by atoms with Crippen molar-refractivity contribution in [1.29, 1.82) is 0 Å². The number of halogens is 1. The summed E-state index contributed by atoms with van der Waals surface area (Å²) in [4.78, 5) is 16.4. The van der Waals surface area contributed by atoms with Gasteiger partial charge in [-0.1, -0.05) is 23.7 Å². The number of rotatable bonds is 4. The molecule has 2 heterocycles. The standard InChI is InChI=1S/C19H20ClN3O3S/c1-27(25,26)23-8-7-15-12-17(5-6-18(15)23)22-10-9-21(19(22)24)13-14-3-2-4-16(20)11-14/h2-6,11-12H,7-10,13H2,1H3. The first-order chi connectivity index (χ1) is 12.8. The average molecular weight is 406 g/mol. The summed E-state index contributed by atoms with van der Waals surface area (Å²) in [5, 5.41) is 0.657. The fourth-order valence-electron chi connectivity index (χ4n) is 3.69. The Morgan fingerprint density at radius 3 is 2.63 bits per heavy atom. The van der Waals surface area contributed by atoms with Crippen molar-refractivity contribution in [2.24, 2.45) is 0 Å². The van der Waals surface area contributed by atoms with Crippen LogP contribution in [-0.4, -0.2) is 45.2 Å². The zero-order valence-corrected chi connectivity index (χ0v) is 16.5. The Balaban J connectivity index is 1.53. The van der Waals surface area contributed by atoms with Crippen molar-refractivity contribution in [1.82, 2.24) is 4.90 Å². The maximum atomic E-state index is 12.8. The second-order valence-electron chi connectivity index (χ2n) is 6.88. The predicted molar refractivity (Wildman–Crippen MR) is 107 cm³/mol. The van der Waals surface area contributed by atoms with Crippen LogP contribution in [0.4, 0.5) is 16.2 Å². The number of nitrogens with zero attached hydrogens (tertiary/aromatic N) is 3. The van der Waals surface area contributed by atoms with Crippen molar-refractivity contribution in [3.8, 4) is 0 Å². The van der Waals surface area contributed by atoms with Crippen molar-refractivity contribution in [3.63, 3.8) is 0 Å². The van der Waals surface area contributed by atoms with E-state index in [1.54, 1.807) is 15.9 Å². The summed E-state index contributed by atoms with van der Waals surface area (Å²) >= 11 is 6.03. The third-order valence-corrected chi connectivity index (χ3v) is 6.40. The third-order valence-electron chi connectivity index (χ3n) is 4.99. The molecule has 0 unspecified atom stereocenters. The fraction of sp³-hybridized carbons (Fsp3) is 0.316. The van der Waals surface area contributed by atoms with Gasteiger partial charge in [0.15, 0.2) is 0 Å². The number of anilines is 2. The molecule has 0 radical (unpaired) electrons. The van der Waals surface area contributed by atoms with E-state index < -0.39 is 10.0 Å². The average Bonchev–Trinajstić information content (AvgIpc) is 3.18. The zero-order chi connectivity index (χ0) is 19.2. The van der Waals surface area contributed by atoms with Crippen LogP contribution in [0.25, 0.3) is 0 Å². The van der Waals surface area contributed by atoms with E-state index in [1.165, 1.54) is 10.6 Å². The van der Waals surface area contributed by atoms with Gasteiger partial charge in [-0.2, -0.15) is 0 Å². The van der Waals surface area contributed by atoms with E-state index >= 15 is 0 Å². The molecule has 2 aromatic carbocycles. The van der Waals surface area contributed by atoms with Crippen LogP contribution in [0.15, 0.2) is 42.5 Å². The van der Waals surface area contributed by atoms with Crippen LogP contribution < -0.4 is 9.21 Å². The van der Waals surface area contributed by atoms with Gasteiger partial charge in [-0.15, -0.1) is 0 Å². The first kappa shape index (κ1) is 18.1. The van der Waals surface area contributed by atoms with Crippen molar-refractivity contribution >= 4 is 39.0 Å². The topological polar surface area (TPSA) is 60.9 Å². The van der Waals surface area contributed by atoms with E-state index in [1.807, 2.05) is 36.4 Å². The molecule has 2 aliphatic rings. The van der Waals surface area contributed by atoms with Crippen LogP contribution in [-0.2, 0) is 23.0 Å². The molecule has 2 amide bonds. The Morgan fingerprint density at radius 2 is 1.89 bits per heavy atom. The lowest BCUT2D eigenvalue weighted by Crippen LogP contribution is -2.31. The minimum Gasteiger partial charge on any atom is -0.318 e. The molecule has 0 atom stereocenters. The number of amides is 2. The Labute approximate surface area is 164 Å². The lowest BCUT2D eigenvalue weighted by molar-refractivity contribution is 0.219. The molecule has 0 N–H and O–H groups in total. The quantitative estimate of drug-likeness (QED) is 0.785. The number of hydrogen-bond acceptors (Lipinski definition) is 3. The van der Waals surface area contributed by atoms with Gasteiger partial charge in [0.1, 0.15) is 0 Å². The van der Waals surface area contributed by atoms with Crippen LogP contribution in [0.2, 0.25) is 5.02 Å². The lowest BCUT2D eigenvalue weighted by Gasteiger charge is -2.20. The first-order valence-electron chi connectivity index (χ1n) is 8.74. The number of hydrogen-bond donors (Lipinski definition) is 0. The van der Waals surface area contributed by atoms with Crippen molar-refractivity contribution in [2.75, 3.05) is 35.1 Å². The molecule has 1 saturated heterocycles. The van der Waals surface area contributed by atoms with Gasteiger partial charge in [0.25, 0.3) is 0 Å². The van der Waals surface area contributed by atoms with E-state index in [0.717, 1.165) is 16.8 Å². The molecular weight excluding hydrogens is 386 g/mol. The van der Waals surface area contributed by atoms with Crippen molar-refractivity contribution in [2.45, 2.75) is 13.0 Å². The predicted octanol–water partition coefficient (Wildman–Crippen LogP) is 3.10. The maximum absolute atomic E-state index is 12.8. The Morgan fingerprint density at radius 1 is 1.07 bits per heavy atom. The molecule has 6 nitrogen and oxygen atoms in total. The molecule has 142 valence electrons. The van der Waals surface area contributed by atoms with Gasteiger partial charge in [0, 0.05) is 36.9 Å². The minimum atomic E-state index is -3.27. The molecule has 8 heteroatoms. The maximum Gasteiger partial charge on any atom is 0.324 e. The molecule has 2 aromatic rings. The molecule has 0 aromatic heterocycles. The zero-order valence-electron chi connectivity index (χ0n) is 14.9. The highest BCUT2D eigenvalue weighted by Crippen LogP contribution is 2.34. The summed E-state index contributed by atoms with van der Waals surface area (Å²) in [6, 6.07) is 13.0. The molecule has 27 heavy (non-hydrogen) atoms. The van der Waals surface area contributed by atoms with Crippen LogP contribution in [0.5, 0.6) is 0 Å². The van der Waals surface area contributed by atoms with Gasteiger partial charge in [-0.05, 0) is 47.9 Å². The van der Waals surface area contributed by atoms with Gasteiger partial charge < -0.3 is 4.90 Å². The number of benzene rings is 2. The third kappa shape index (κ3) is 3.49. The molecule has 1 fully saturated rings. The van der Waals surface area contributed by atoms with Gasteiger partial charge in [-0.3, -0.25) is 9.21 Å². The normalized spacial score (nSPS) is 17.0. The van der Waals surface area contributed by atoms with E-state index in [2.05, 4.69) is 0 Å². The van der Waals surface area contributed by atoms with Gasteiger partial charge in [0.2, 0.25) is 10.0 Å². The van der Waals surface area contributed by atoms with Gasteiger partial charge in [0.05, 0.1) is 11.9 Å². The van der Waals surface area contributed by atoms with E-state index in [9.17, 15) is 13.2 Å².